The van der Waals surface area contributed by atoms with Crippen molar-refractivity contribution in [3.8, 4) is 0 Å². The summed E-state index contributed by atoms with van der Waals surface area (Å²) in [6, 6.07) is 6.44. The van der Waals surface area contributed by atoms with Crippen LogP contribution in [-0.2, 0) is 14.3 Å². The number of thiazole rings is 1. The van der Waals surface area contributed by atoms with Crippen molar-refractivity contribution in [1.29, 1.82) is 0 Å². The highest BCUT2D eigenvalue weighted by atomic mass is 32.1. The minimum absolute atomic E-state index is 0.102. The Labute approximate surface area is 176 Å². The summed E-state index contributed by atoms with van der Waals surface area (Å²) in [5, 5.41) is 16.1. The molecule has 1 aromatic heterocycles. The molecule has 0 saturated heterocycles. The number of amides is 2. The monoisotopic (exact) mass is 437 g/mol. The van der Waals surface area contributed by atoms with Crippen LogP contribution in [0.25, 0.3) is 0 Å². The highest BCUT2D eigenvalue weighted by Crippen LogP contribution is 2.30. The first-order valence-electron chi connectivity index (χ1n) is 9.10. The molecule has 30 heavy (non-hydrogen) atoms. The summed E-state index contributed by atoms with van der Waals surface area (Å²) < 4.78 is 10.5. The third-order valence-corrected chi connectivity index (χ3v) is 4.74. The van der Waals surface area contributed by atoms with E-state index in [-0.39, 0.29) is 40.3 Å². The zero-order valence-corrected chi connectivity index (χ0v) is 17.2. The van der Waals surface area contributed by atoms with Gasteiger partial charge in [0, 0.05) is 6.54 Å². The number of hydrogen-bond donors (Lipinski definition) is 3. The Kier molecular flexibility index (Phi) is 9.28. The Morgan fingerprint density at radius 1 is 1.17 bits per heavy atom. The second-order valence-electron chi connectivity index (χ2n) is 5.98. The molecule has 0 unspecified atom stereocenters. The first-order chi connectivity index (χ1) is 14.4. The van der Waals surface area contributed by atoms with Crippen molar-refractivity contribution in [2.24, 2.45) is 5.73 Å². The van der Waals surface area contributed by atoms with Crippen molar-refractivity contribution in [2.75, 3.05) is 43.6 Å². The molecule has 2 rings (SSSR count). The van der Waals surface area contributed by atoms with Crippen molar-refractivity contribution in [3.63, 3.8) is 0 Å². The van der Waals surface area contributed by atoms with Crippen molar-refractivity contribution in [3.05, 3.63) is 45.6 Å². The molecule has 2 aromatic rings. The van der Waals surface area contributed by atoms with Crippen LogP contribution in [0.4, 0.5) is 15.8 Å². The predicted molar refractivity (Wildman–Crippen MR) is 112 cm³/mol. The fourth-order valence-electron chi connectivity index (χ4n) is 2.35. The average molecular weight is 437 g/mol. The highest BCUT2D eigenvalue weighted by Gasteiger charge is 2.20. The number of nitrogens with two attached hydrogens (primary N) is 1. The van der Waals surface area contributed by atoms with Crippen molar-refractivity contribution in [1.82, 2.24) is 4.98 Å². The lowest BCUT2D eigenvalue weighted by Crippen LogP contribution is -2.19. The van der Waals surface area contributed by atoms with E-state index in [1.807, 2.05) is 0 Å². The number of carbonyl (C=O) groups excluding carboxylic acids is 2. The minimum Gasteiger partial charge on any atom is -0.379 e. The number of carbonyl (C=O) groups is 2. The molecule has 0 spiro atoms. The van der Waals surface area contributed by atoms with Gasteiger partial charge in [0.15, 0.2) is 5.13 Å². The number of hydrogen-bond acceptors (Lipinski definition) is 9. The van der Waals surface area contributed by atoms with Crippen molar-refractivity contribution < 1.29 is 24.0 Å². The number of nitro groups is 1. The van der Waals surface area contributed by atoms with Crippen LogP contribution >= 0.6 is 11.3 Å². The third kappa shape index (κ3) is 7.15. The molecule has 4 N–H and O–H groups in total. The molecule has 2 amide bonds. The largest absolute Gasteiger partial charge is 0.379 e. The molecule has 162 valence electrons. The van der Waals surface area contributed by atoms with E-state index < -0.39 is 10.8 Å². The molecule has 1 aromatic carbocycles. The van der Waals surface area contributed by atoms with Crippen LogP contribution in [0, 0.1) is 17.0 Å². The van der Waals surface area contributed by atoms with Gasteiger partial charge in [-0.15, -0.1) is 0 Å². The maximum atomic E-state index is 12.6. The van der Waals surface area contributed by atoms with E-state index in [9.17, 15) is 19.7 Å². The molecule has 0 atom stereocenters. The zero-order valence-electron chi connectivity index (χ0n) is 16.4. The Morgan fingerprint density at radius 3 is 2.53 bits per heavy atom. The van der Waals surface area contributed by atoms with Gasteiger partial charge < -0.3 is 20.5 Å². The summed E-state index contributed by atoms with van der Waals surface area (Å²) in [7, 11) is 0. The SMILES string of the molecule is Cc1nc(NC(=O)c2ccccc2NC(=O)CCOCCOCCN)sc1[N+](=O)[O-]. The van der Waals surface area contributed by atoms with Crippen LogP contribution in [0.3, 0.4) is 0 Å². The van der Waals surface area contributed by atoms with Gasteiger partial charge >= 0.3 is 5.00 Å². The number of rotatable bonds is 12. The van der Waals surface area contributed by atoms with E-state index in [1.54, 1.807) is 18.2 Å². The van der Waals surface area contributed by atoms with Gasteiger partial charge in [-0.25, -0.2) is 4.98 Å². The van der Waals surface area contributed by atoms with Crippen LogP contribution in [-0.4, -0.2) is 54.7 Å². The van der Waals surface area contributed by atoms with Gasteiger partial charge in [-0.1, -0.05) is 12.1 Å². The Bertz CT molecular complexity index is 888. The van der Waals surface area contributed by atoms with Crippen LogP contribution in [0.1, 0.15) is 22.5 Å². The molecule has 11 nitrogen and oxygen atoms in total. The molecule has 0 bridgehead atoms. The van der Waals surface area contributed by atoms with E-state index >= 15 is 0 Å². The number of aromatic nitrogens is 1. The minimum atomic E-state index is -0.552. The van der Waals surface area contributed by atoms with Gasteiger partial charge in [0.25, 0.3) is 5.91 Å². The van der Waals surface area contributed by atoms with Crippen LogP contribution in [0.15, 0.2) is 24.3 Å². The van der Waals surface area contributed by atoms with Gasteiger partial charge in [-0.05, 0) is 30.4 Å². The molecule has 1 heterocycles. The Hall–Kier alpha value is -2.93. The molecule has 12 heteroatoms. The molecule has 0 radical (unpaired) electrons. The maximum Gasteiger partial charge on any atom is 0.348 e. The summed E-state index contributed by atoms with van der Waals surface area (Å²) in [6.45, 7) is 3.34. The summed E-state index contributed by atoms with van der Waals surface area (Å²) in [5.74, 6) is -0.860. The lowest BCUT2D eigenvalue weighted by molar-refractivity contribution is -0.380. The highest BCUT2D eigenvalue weighted by molar-refractivity contribution is 7.19. The first kappa shape index (κ1) is 23.3. The van der Waals surface area contributed by atoms with Crippen LogP contribution in [0.5, 0.6) is 0 Å². The number of anilines is 2. The first-order valence-corrected chi connectivity index (χ1v) is 9.91. The second kappa shape index (κ2) is 11.9. The fourth-order valence-corrected chi connectivity index (χ4v) is 3.13. The van der Waals surface area contributed by atoms with Crippen LogP contribution < -0.4 is 16.4 Å². The average Bonchev–Trinajstić information content (AvgIpc) is 3.08. The number of benzene rings is 1. The zero-order chi connectivity index (χ0) is 21.9. The smallest absolute Gasteiger partial charge is 0.348 e. The van der Waals surface area contributed by atoms with Crippen LogP contribution in [0.2, 0.25) is 0 Å². The Balaban J connectivity index is 1.90. The number of para-hydroxylation sites is 1. The van der Waals surface area contributed by atoms with E-state index in [1.165, 1.54) is 13.0 Å². The van der Waals surface area contributed by atoms with Gasteiger partial charge in [-0.3, -0.25) is 25.0 Å². The quantitative estimate of drug-likeness (QED) is 0.258. The molecule has 0 saturated carbocycles. The second-order valence-corrected chi connectivity index (χ2v) is 6.96. The normalized spacial score (nSPS) is 10.6. The van der Waals surface area contributed by atoms with Gasteiger partial charge in [0.1, 0.15) is 5.69 Å². The van der Waals surface area contributed by atoms with Gasteiger partial charge in [-0.2, -0.15) is 0 Å². The Morgan fingerprint density at radius 2 is 1.87 bits per heavy atom. The molecule has 0 aliphatic rings. The lowest BCUT2D eigenvalue weighted by atomic mass is 10.1. The van der Waals surface area contributed by atoms with E-state index in [0.29, 0.717) is 32.1 Å². The fraction of sp³-hybridized carbons (Fsp3) is 0.389. The number of ether oxygens (including phenoxy) is 2. The predicted octanol–water partition coefficient (Wildman–Crippen LogP) is 1.93. The van der Waals surface area contributed by atoms with E-state index in [0.717, 1.165) is 11.3 Å². The van der Waals surface area contributed by atoms with Gasteiger partial charge in [0.05, 0.1) is 49.0 Å². The lowest BCUT2D eigenvalue weighted by Gasteiger charge is -2.11. The molecule has 0 aliphatic heterocycles. The standard InChI is InChI=1S/C18H23N5O6S/c1-12-17(23(26)27)30-18(20-12)22-16(25)13-4-2-3-5-14(13)21-15(24)6-8-28-10-11-29-9-7-19/h2-5H,6-11,19H2,1H3,(H,21,24)(H,20,22,25). The summed E-state index contributed by atoms with van der Waals surface area (Å²) >= 11 is 0.768. The van der Waals surface area contributed by atoms with Gasteiger partial charge in [0.2, 0.25) is 5.91 Å². The summed E-state index contributed by atoms with van der Waals surface area (Å²) in [6.07, 6.45) is 0.102. The summed E-state index contributed by atoms with van der Waals surface area (Å²) in [5.41, 5.74) is 6.04. The number of aryl methyl sites for hydroxylation is 1. The maximum absolute atomic E-state index is 12.6. The number of nitrogens with one attached hydrogen (secondary N) is 2. The number of nitrogens with zero attached hydrogens (tertiary/aromatic N) is 2. The van der Waals surface area contributed by atoms with Crippen molar-refractivity contribution >= 4 is 39.0 Å². The van der Waals surface area contributed by atoms with Crippen molar-refractivity contribution in [2.45, 2.75) is 13.3 Å². The third-order valence-electron chi connectivity index (χ3n) is 3.71. The van der Waals surface area contributed by atoms with E-state index in [4.69, 9.17) is 15.2 Å². The molecule has 0 aliphatic carbocycles. The molecule has 0 fully saturated rings. The molecular weight excluding hydrogens is 414 g/mol. The molecular formula is C18H23N5O6S. The van der Waals surface area contributed by atoms with E-state index in [2.05, 4.69) is 15.6 Å². The topological polar surface area (TPSA) is 159 Å². The summed E-state index contributed by atoms with van der Waals surface area (Å²) in [4.78, 5) is 39.1.